The van der Waals surface area contributed by atoms with Gasteiger partial charge in [0.2, 0.25) is 0 Å². The molecule has 1 aromatic carbocycles. The van der Waals surface area contributed by atoms with E-state index in [1.807, 2.05) is 42.9 Å². The first kappa shape index (κ1) is 13.7. The van der Waals surface area contributed by atoms with E-state index in [4.69, 9.17) is 5.26 Å². The molecule has 5 heteroatoms. The second-order valence-electron chi connectivity index (χ2n) is 5.27. The largest absolute Gasteiger partial charge is 0.346 e. The standard InChI is InChI=1S/C18H12N4S/c1-11-7-15(14-5-6-20-18(14)22-11)17-16(21-10-23-17)13-4-2-3-12(8-13)9-19/h2-8,10H,1H3,(H,20,22). The van der Waals surface area contributed by atoms with Gasteiger partial charge in [-0.25, -0.2) is 9.97 Å². The Morgan fingerprint density at radius 1 is 1.22 bits per heavy atom. The number of aryl methyl sites for hydroxylation is 1. The lowest BCUT2D eigenvalue weighted by atomic mass is 10.0. The van der Waals surface area contributed by atoms with Gasteiger partial charge < -0.3 is 4.98 Å². The predicted molar refractivity (Wildman–Crippen MR) is 92.1 cm³/mol. The Labute approximate surface area is 137 Å². The van der Waals surface area contributed by atoms with Crippen molar-refractivity contribution in [3.05, 3.63) is 59.4 Å². The van der Waals surface area contributed by atoms with Crippen LogP contribution in [0.15, 0.2) is 48.1 Å². The third-order valence-electron chi connectivity index (χ3n) is 3.73. The topological polar surface area (TPSA) is 65.4 Å². The fourth-order valence-corrected chi connectivity index (χ4v) is 3.57. The van der Waals surface area contributed by atoms with E-state index in [1.54, 1.807) is 17.4 Å². The van der Waals surface area contributed by atoms with Crippen molar-refractivity contribution in [2.45, 2.75) is 6.92 Å². The van der Waals surface area contributed by atoms with E-state index < -0.39 is 0 Å². The first-order valence-corrected chi connectivity index (χ1v) is 8.03. The summed E-state index contributed by atoms with van der Waals surface area (Å²) in [5, 5.41) is 10.2. The number of hydrogen-bond acceptors (Lipinski definition) is 4. The van der Waals surface area contributed by atoms with Gasteiger partial charge in [0, 0.05) is 28.4 Å². The van der Waals surface area contributed by atoms with Crippen LogP contribution < -0.4 is 0 Å². The monoisotopic (exact) mass is 316 g/mol. The maximum absolute atomic E-state index is 9.12. The minimum absolute atomic E-state index is 0.638. The summed E-state index contributed by atoms with van der Waals surface area (Å²) >= 11 is 1.60. The van der Waals surface area contributed by atoms with E-state index in [0.29, 0.717) is 5.56 Å². The Balaban J connectivity index is 1.96. The average molecular weight is 316 g/mol. The van der Waals surface area contributed by atoms with Crippen LogP contribution in [0.25, 0.3) is 32.7 Å². The van der Waals surface area contributed by atoms with E-state index >= 15 is 0 Å². The fourth-order valence-electron chi connectivity index (χ4n) is 2.73. The number of H-pyrrole nitrogens is 1. The molecule has 4 rings (SSSR count). The van der Waals surface area contributed by atoms with Crippen LogP contribution in [0.3, 0.4) is 0 Å². The highest BCUT2D eigenvalue weighted by atomic mass is 32.1. The summed E-state index contributed by atoms with van der Waals surface area (Å²) < 4.78 is 0. The van der Waals surface area contributed by atoms with Gasteiger partial charge in [-0.1, -0.05) is 12.1 Å². The number of pyridine rings is 1. The highest BCUT2D eigenvalue weighted by molar-refractivity contribution is 7.14. The number of fused-ring (bicyclic) bond motifs is 1. The third kappa shape index (κ3) is 2.30. The molecule has 1 N–H and O–H groups in total. The maximum atomic E-state index is 9.12. The molecule has 0 bridgehead atoms. The number of nitriles is 1. The van der Waals surface area contributed by atoms with Gasteiger partial charge in [0.15, 0.2) is 0 Å². The minimum atomic E-state index is 0.638. The van der Waals surface area contributed by atoms with Crippen molar-refractivity contribution >= 4 is 22.4 Å². The molecule has 3 heterocycles. The lowest BCUT2D eigenvalue weighted by Crippen LogP contribution is -1.88. The number of benzene rings is 1. The molecule has 4 aromatic rings. The number of nitrogens with one attached hydrogen (secondary N) is 1. The second-order valence-corrected chi connectivity index (χ2v) is 6.13. The van der Waals surface area contributed by atoms with Gasteiger partial charge >= 0.3 is 0 Å². The van der Waals surface area contributed by atoms with Crippen LogP contribution in [-0.4, -0.2) is 15.0 Å². The quantitative estimate of drug-likeness (QED) is 0.590. The van der Waals surface area contributed by atoms with Crippen molar-refractivity contribution in [1.82, 2.24) is 15.0 Å². The summed E-state index contributed by atoms with van der Waals surface area (Å²) in [4.78, 5) is 13.3. The molecule has 4 nitrogen and oxygen atoms in total. The molecule has 0 saturated carbocycles. The highest BCUT2D eigenvalue weighted by Gasteiger charge is 2.15. The molecule has 0 unspecified atom stereocenters. The number of nitrogens with zero attached hydrogens (tertiary/aromatic N) is 3. The van der Waals surface area contributed by atoms with Crippen molar-refractivity contribution in [2.24, 2.45) is 0 Å². The molecule has 0 amide bonds. The lowest BCUT2D eigenvalue weighted by molar-refractivity contribution is 1.22. The van der Waals surface area contributed by atoms with Gasteiger partial charge in [-0.15, -0.1) is 11.3 Å². The molecule has 0 fully saturated rings. The predicted octanol–water partition coefficient (Wildman–Crippen LogP) is 4.53. The van der Waals surface area contributed by atoms with Crippen molar-refractivity contribution in [1.29, 1.82) is 5.26 Å². The van der Waals surface area contributed by atoms with E-state index in [0.717, 1.165) is 38.4 Å². The van der Waals surface area contributed by atoms with Crippen molar-refractivity contribution < 1.29 is 0 Å². The summed E-state index contributed by atoms with van der Waals surface area (Å²) in [6, 6.07) is 13.9. The van der Waals surface area contributed by atoms with Crippen LogP contribution in [0.2, 0.25) is 0 Å². The normalized spacial score (nSPS) is 10.8. The number of thiazole rings is 1. The molecule has 0 aliphatic heterocycles. The summed E-state index contributed by atoms with van der Waals surface area (Å²) in [5.74, 6) is 0. The van der Waals surface area contributed by atoms with Gasteiger partial charge in [-0.2, -0.15) is 5.26 Å². The Morgan fingerprint density at radius 2 is 2.13 bits per heavy atom. The summed E-state index contributed by atoms with van der Waals surface area (Å²) in [7, 11) is 0. The number of rotatable bonds is 2. The summed E-state index contributed by atoms with van der Waals surface area (Å²) in [5.41, 5.74) is 7.30. The Morgan fingerprint density at radius 3 is 3.00 bits per heavy atom. The zero-order valence-corrected chi connectivity index (χ0v) is 13.2. The van der Waals surface area contributed by atoms with Crippen molar-refractivity contribution in [3.63, 3.8) is 0 Å². The van der Waals surface area contributed by atoms with Gasteiger partial charge in [-0.05, 0) is 31.2 Å². The Kier molecular flexibility index (Phi) is 3.18. The fraction of sp³-hybridized carbons (Fsp3) is 0.0556. The first-order valence-electron chi connectivity index (χ1n) is 7.15. The van der Waals surface area contributed by atoms with Crippen molar-refractivity contribution in [2.75, 3.05) is 0 Å². The Hall–Kier alpha value is -2.97. The molecular formula is C18H12N4S. The smallest absolute Gasteiger partial charge is 0.138 e. The second kappa shape index (κ2) is 5.34. The van der Waals surface area contributed by atoms with E-state index in [1.165, 1.54) is 0 Å². The van der Waals surface area contributed by atoms with Crippen molar-refractivity contribution in [3.8, 4) is 27.8 Å². The van der Waals surface area contributed by atoms with Crippen LogP contribution in [0.1, 0.15) is 11.3 Å². The van der Waals surface area contributed by atoms with Gasteiger partial charge in [0.05, 0.1) is 27.7 Å². The highest BCUT2D eigenvalue weighted by Crippen LogP contribution is 2.38. The van der Waals surface area contributed by atoms with Crippen LogP contribution in [-0.2, 0) is 0 Å². The number of aromatic amines is 1. The zero-order valence-electron chi connectivity index (χ0n) is 12.4. The van der Waals surface area contributed by atoms with Crippen LogP contribution in [0, 0.1) is 18.3 Å². The van der Waals surface area contributed by atoms with E-state index in [-0.39, 0.29) is 0 Å². The molecule has 0 aliphatic carbocycles. The molecule has 3 aromatic heterocycles. The maximum Gasteiger partial charge on any atom is 0.138 e. The molecule has 0 atom stereocenters. The molecule has 0 aliphatic rings. The molecule has 0 radical (unpaired) electrons. The molecule has 110 valence electrons. The van der Waals surface area contributed by atoms with E-state index in [9.17, 15) is 0 Å². The van der Waals surface area contributed by atoms with Gasteiger partial charge in [0.25, 0.3) is 0 Å². The molecule has 23 heavy (non-hydrogen) atoms. The lowest BCUT2D eigenvalue weighted by Gasteiger charge is -2.06. The Bertz CT molecular complexity index is 1050. The third-order valence-corrected chi connectivity index (χ3v) is 4.59. The van der Waals surface area contributed by atoms with E-state index in [2.05, 4.69) is 27.1 Å². The van der Waals surface area contributed by atoms with Gasteiger partial charge in [0.1, 0.15) is 5.65 Å². The number of aromatic nitrogens is 3. The SMILES string of the molecule is Cc1cc(-c2scnc2-c2cccc(C#N)c2)c2cc[nH]c2n1. The summed E-state index contributed by atoms with van der Waals surface area (Å²) in [6.07, 6.45) is 1.90. The molecule has 0 spiro atoms. The van der Waals surface area contributed by atoms with Crippen LogP contribution in [0.5, 0.6) is 0 Å². The average Bonchev–Trinajstić information content (AvgIpc) is 3.23. The molecular weight excluding hydrogens is 304 g/mol. The van der Waals surface area contributed by atoms with Crippen LogP contribution in [0.4, 0.5) is 0 Å². The van der Waals surface area contributed by atoms with Gasteiger partial charge in [-0.3, -0.25) is 0 Å². The number of hydrogen-bond donors (Lipinski definition) is 1. The van der Waals surface area contributed by atoms with Crippen LogP contribution >= 0.6 is 11.3 Å². The minimum Gasteiger partial charge on any atom is -0.346 e. The first-order chi connectivity index (χ1) is 11.3. The zero-order chi connectivity index (χ0) is 15.8. The molecule has 0 saturated heterocycles. The summed E-state index contributed by atoms with van der Waals surface area (Å²) in [6.45, 7) is 1.99.